The topological polar surface area (TPSA) is 95.7 Å². The predicted molar refractivity (Wildman–Crippen MR) is 75.9 cm³/mol. The highest BCUT2D eigenvalue weighted by Crippen LogP contribution is 2.27. The van der Waals surface area contributed by atoms with Gasteiger partial charge in [0.25, 0.3) is 5.69 Å². The third kappa shape index (κ3) is 4.44. The van der Waals surface area contributed by atoms with Gasteiger partial charge >= 0.3 is 0 Å². The number of nitro benzene ring substituents is 1. The molecule has 7 nitrogen and oxygen atoms in total. The Morgan fingerprint density at radius 2 is 2.25 bits per heavy atom. The van der Waals surface area contributed by atoms with Crippen LogP contribution in [0.2, 0.25) is 5.02 Å². The zero-order valence-electron chi connectivity index (χ0n) is 11.2. The fraction of sp³-hybridized carbons (Fsp3) is 0.417. The van der Waals surface area contributed by atoms with Crippen LogP contribution < -0.4 is 5.32 Å². The highest BCUT2D eigenvalue weighted by Gasteiger charge is 2.15. The van der Waals surface area contributed by atoms with E-state index in [-0.39, 0.29) is 35.8 Å². The minimum Gasteiger partial charge on any atom is -0.395 e. The smallest absolute Gasteiger partial charge is 0.289 e. The molecule has 0 heterocycles. The van der Waals surface area contributed by atoms with Gasteiger partial charge in [-0.15, -0.1) is 0 Å². The highest BCUT2D eigenvalue weighted by molar-refractivity contribution is 6.32. The summed E-state index contributed by atoms with van der Waals surface area (Å²) < 4.78 is 0. The molecule has 1 aromatic rings. The number of nitrogens with zero attached hydrogens (tertiary/aromatic N) is 2. The van der Waals surface area contributed by atoms with E-state index in [1.165, 1.54) is 18.2 Å². The van der Waals surface area contributed by atoms with E-state index in [0.29, 0.717) is 5.69 Å². The van der Waals surface area contributed by atoms with Crippen LogP contribution in [0.1, 0.15) is 6.92 Å². The number of hydrogen-bond donors (Lipinski definition) is 2. The Kier molecular flexibility index (Phi) is 5.87. The molecular formula is C12H16ClN3O4. The third-order valence-electron chi connectivity index (χ3n) is 2.84. The zero-order chi connectivity index (χ0) is 15.3. The average molecular weight is 302 g/mol. The van der Waals surface area contributed by atoms with Crippen molar-refractivity contribution in [3.8, 4) is 0 Å². The van der Waals surface area contributed by atoms with Crippen molar-refractivity contribution >= 4 is 28.9 Å². The lowest BCUT2D eigenvalue weighted by Crippen LogP contribution is -2.38. The van der Waals surface area contributed by atoms with Gasteiger partial charge in [0.15, 0.2) is 0 Å². The first-order valence-electron chi connectivity index (χ1n) is 5.90. The van der Waals surface area contributed by atoms with Crippen molar-refractivity contribution in [1.82, 2.24) is 4.90 Å². The number of rotatable bonds is 6. The fourth-order valence-electron chi connectivity index (χ4n) is 1.45. The standard InChI is InChI=1S/C12H16ClN3O4/c1-8(7-17)15(2)6-12(18)14-9-3-4-10(13)11(5-9)16(19)20/h3-5,8,17H,6-7H2,1-2H3,(H,14,18). The van der Waals surface area contributed by atoms with E-state index < -0.39 is 4.92 Å². The van der Waals surface area contributed by atoms with Crippen LogP contribution in [0.5, 0.6) is 0 Å². The Hall–Kier alpha value is -1.70. The quantitative estimate of drug-likeness (QED) is 0.613. The molecule has 1 unspecified atom stereocenters. The summed E-state index contributed by atoms with van der Waals surface area (Å²) in [7, 11) is 1.70. The molecule has 0 fully saturated rings. The Morgan fingerprint density at radius 3 is 2.80 bits per heavy atom. The van der Waals surface area contributed by atoms with Gasteiger partial charge in [0, 0.05) is 17.8 Å². The van der Waals surface area contributed by atoms with Crippen molar-refractivity contribution in [2.24, 2.45) is 0 Å². The predicted octanol–water partition coefficient (Wildman–Crippen LogP) is 1.50. The van der Waals surface area contributed by atoms with Crippen LogP contribution in [0.15, 0.2) is 18.2 Å². The molecule has 1 aromatic carbocycles. The lowest BCUT2D eigenvalue weighted by Gasteiger charge is -2.21. The molecule has 8 heteroatoms. The van der Waals surface area contributed by atoms with Crippen molar-refractivity contribution in [3.05, 3.63) is 33.3 Å². The number of halogens is 1. The molecule has 0 bridgehead atoms. The summed E-state index contributed by atoms with van der Waals surface area (Å²) >= 11 is 5.68. The maximum Gasteiger partial charge on any atom is 0.289 e. The summed E-state index contributed by atoms with van der Waals surface area (Å²) in [4.78, 5) is 23.6. The number of carbonyl (C=O) groups excluding carboxylic acids is 1. The summed E-state index contributed by atoms with van der Waals surface area (Å²) in [5, 5.41) is 22.3. The Morgan fingerprint density at radius 1 is 1.60 bits per heavy atom. The molecule has 1 atom stereocenters. The van der Waals surface area contributed by atoms with Crippen LogP contribution in [0.4, 0.5) is 11.4 Å². The number of nitrogens with one attached hydrogen (secondary N) is 1. The molecule has 0 saturated carbocycles. The summed E-state index contributed by atoms with van der Waals surface area (Å²) in [5.74, 6) is -0.329. The van der Waals surface area contributed by atoms with Gasteiger partial charge in [0.05, 0.1) is 18.1 Å². The number of nitro groups is 1. The van der Waals surface area contributed by atoms with Crippen molar-refractivity contribution in [1.29, 1.82) is 0 Å². The number of likely N-dealkylation sites (N-methyl/N-ethyl adjacent to an activating group) is 1. The van der Waals surface area contributed by atoms with E-state index in [1.807, 2.05) is 0 Å². The Labute approximate surface area is 121 Å². The van der Waals surface area contributed by atoms with Gasteiger partial charge in [-0.1, -0.05) is 11.6 Å². The average Bonchev–Trinajstić information content (AvgIpc) is 2.39. The van der Waals surface area contributed by atoms with E-state index in [4.69, 9.17) is 16.7 Å². The van der Waals surface area contributed by atoms with Gasteiger partial charge in [-0.2, -0.15) is 0 Å². The Balaban J connectivity index is 2.71. The van der Waals surface area contributed by atoms with Crippen LogP contribution in [-0.2, 0) is 4.79 Å². The van der Waals surface area contributed by atoms with Crippen molar-refractivity contribution in [3.63, 3.8) is 0 Å². The normalized spacial score (nSPS) is 12.2. The summed E-state index contributed by atoms with van der Waals surface area (Å²) in [6, 6.07) is 3.90. The molecule has 0 spiro atoms. The van der Waals surface area contributed by atoms with E-state index in [9.17, 15) is 14.9 Å². The minimum absolute atomic E-state index is 0.0130. The van der Waals surface area contributed by atoms with E-state index in [1.54, 1.807) is 18.9 Å². The molecule has 20 heavy (non-hydrogen) atoms. The summed E-state index contributed by atoms with van der Waals surface area (Å²) in [6.45, 7) is 1.79. The van der Waals surface area contributed by atoms with Crippen LogP contribution in [-0.4, -0.2) is 47.1 Å². The second-order valence-electron chi connectivity index (χ2n) is 4.42. The second-order valence-corrected chi connectivity index (χ2v) is 4.83. The molecule has 0 aliphatic rings. The van der Waals surface area contributed by atoms with Crippen molar-refractivity contribution < 1.29 is 14.8 Å². The van der Waals surface area contributed by atoms with Crippen LogP contribution in [0, 0.1) is 10.1 Å². The van der Waals surface area contributed by atoms with Gasteiger partial charge in [-0.3, -0.25) is 19.8 Å². The van der Waals surface area contributed by atoms with E-state index >= 15 is 0 Å². The van der Waals surface area contributed by atoms with Crippen molar-refractivity contribution in [2.45, 2.75) is 13.0 Å². The zero-order valence-corrected chi connectivity index (χ0v) is 11.9. The number of carbonyl (C=O) groups is 1. The van der Waals surface area contributed by atoms with Gasteiger partial charge in [0.2, 0.25) is 5.91 Å². The maximum atomic E-state index is 11.8. The first-order chi connectivity index (χ1) is 9.35. The first-order valence-corrected chi connectivity index (χ1v) is 6.27. The number of aliphatic hydroxyl groups excluding tert-OH is 1. The Bertz CT molecular complexity index is 509. The molecule has 0 aromatic heterocycles. The molecule has 0 saturated heterocycles. The van der Waals surface area contributed by atoms with Gasteiger partial charge < -0.3 is 10.4 Å². The number of anilines is 1. The van der Waals surface area contributed by atoms with E-state index in [0.717, 1.165) is 0 Å². The van der Waals surface area contributed by atoms with Crippen LogP contribution in [0.25, 0.3) is 0 Å². The van der Waals surface area contributed by atoms with Crippen molar-refractivity contribution in [2.75, 3.05) is 25.5 Å². The summed E-state index contributed by atoms with van der Waals surface area (Å²) in [5.41, 5.74) is 0.0395. The number of amides is 1. The molecule has 2 N–H and O–H groups in total. The van der Waals surface area contributed by atoms with Crippen LogP contribution in [0.3, 0.4) is 0 Å². The minimum atomic E-state index is -0.613. The maximum absolute atomic E-state index is 11.8. The lowest BCUT2D eigenvalue weighted by molar-refractivity contribution is -0.384. The largest absolute Gasteiger partial charge is 0.395 e. The van der Waals surface area contributed by atoms with Crippen LogP contribution >= 0.6 is 11.6 Å². The SMILES string of the molecule is CC(CO)N(C)CC(=O)Nc1ccc(Cl)c([N+](=O)[O-])c1. The second kappa shape index (κ2) is 7.18. The number of benzene rings is 1. The highest BCUT2D eigenvalue weighted by atomic mass is 35.5. The number of aliphatic hydroxyl groups is 1. The third-order valence-corrected chi connectivity index (χ3v) is 3.16. The van der Waals surface area contributed by atoms with Gasteiger partial charge in [-0.25, -0.2) is 0 Å². The molecular weight excluding hydrogens is 286 g/mol. The van der Waals surface area contributed by atoms with E-state index in [2.05, 4.69) is 5.32 Å². The molecule has 0 aliphatic carbocycles. The first kappa shape index (κ1) is 16.4. The monoisotopic (exact) mass is 301 g/mol. The number of hydrogen-bond acceptors (Lipinski definition) is 5. The molecule has 1 rings (SSSR count). The molecule has 0 radical (unpaired) electrons. The molecule has 1 amide bonds. The fourth-order valence-corrected chi connectivity index (χ4v) is 1.64. The summed E-state index contributed by atoms with van der Waals surface area (Å²) in [6.07, 6.45) is 0. The molecule has 110 valence electrons. The van der Waals surface area contributed by atoms with Gasteiger partial charge in [0.1, 0.15) is 5.02 Å². The van der Waals surface area contributed by atoms with Gasteiger partial charge in [-0.05, 0) is 26.1 Å². The lowest BCUT2D eigenvalue weighted by atomic mass is 10.2. The molecule has 0 aliphatic heterocycles.